The molecule has 0 bridgehead atoms. The number of aromatic nitrogens is 1. The first-order valence-corrected chi connectivity index (χ1v) is 6.23. The van der Waals surface area contributed by atoms with Gasteiger partial charge in [0.05, 0.1) is 36.2 Å². The molecule has 1 fully saturated rings. The van der Waals surface area contributed by atoms with Crippen molar-refractivity contribution in [1.82, 2.24) is 9.88 Å². The standard InChI is InChI=1S/C12H16ClN3O2/c1-8-7-18-4-3-16(8)12(17)15-11-6-14-5-10(13)9(11)2/h5-6,8H,3-4,7H2,1-2H3,(H,15,17)/t8-/m0/s1. The highest BCUT2D eigenvalue weighted by Crippen LogP contribution is 2.22. The van der Waals surface area contributed by atoms with Crippen molar-refractivity contribution in [3.05, 3.63) is 23.0 Å². The van der Waals surface area contributed by atoms with Crippen molar-refractivity contribution in [2.45, 2.75) is 19.9 Å². The van der Waals surface area contributed by atoms with Crippen molar-refractivity contribution in [3.8, 4) is 0 Å². The number of amides is 2. The number of morpholine rings is 1. The minimum Gasteiger partial charge on any atom is -0.377 e. The Hall–Kier alpha value is -1.33. The number of hydrogen-bond acceptors (Lipinski definition) is 3. The Morgan fingerprint density at radius 2 is 2.39 bits per heavy atom. The fourth-order valence-corrected chi connectivity index (χ4v) is 2.00. The Bertz CT molecular complexity index is 453. The number of carbonyl (C=O) groups excluding carboxylic acids is 1. The van der Waals surface area contributed by atoms with Gasteiger partial charge in [0.15, 0.2) is 0 Å². The molecule has 1 saturated heterocycles. The van der Waals surface area contributed by atoms with Crippen molar-refractivity contribution in [2.75, 3.05) is 25.1 Å². The number of nitrogens with one attached hydrogen (secondary N) is 1. The molecule has 2 amide bonds. The Morgan fingerprint density at radius 3 is 3.11 bits per heavy atom. The molecule has 1 atom stereocenters. The Labute approximate surface area is 111 Å². The minimum atomic E-state index is -0.141. The molecular formula is C12H16ClN3O2. The second-order valence-electron chi connectivity index (χ2n) is 4.34. The average Bonchev–Trinajstić information content (AvgIpc) is 2.35. The normalized spacial score (nSPS) is 19.7. The van der Waals surface area contributed by atoms with Crippen LogP contribution >= 0.6 is 11.6 Å². The van der Waals surface area contributed by atoms with E-state index in [0.717, 1.165) is 5.56 Å². The van der Waals surface area contributed by atoms with Crippen LogP contribution in [0.1, 0.15) is 12.5 Å². The second kappa shape index (κ2) is 5.54. The molecule has 1 aromatic rings. The number of nitrogens with zero attached hydrogens (tertiary/aromatic N) is 2. The summed E-state index contributed by atoms with van der Waals surface area (Å²) in [7, 11) is 0. The molecule has 0 aliphatic carbocycles. The van der Waals surface area contributed by atoms with Crippen molar-refractivity contribution >= 4 is 23.3 Å². The van der Waals surface area contributed by atoms with Gasteiger partial charge in [-0.25, -0.2) is 4.79 Å². The van der Waals surface area contributed by atoms with E-state index in [2.05, 4.69) is 10.3 Å². The van der Waals surface area contributed by atoms with Gasteiger partial charge in [-0.05, 0) is 19.4 Å². The molecule has 1 aliphatic rings. The Morgan fingerprint density at radius 1 is 1.61 bits per heavy atom. The maximum absolute atomic E-state index is 12.1. The Kier molecular flexibility index (Phi) is 4.04. The highest BCUT2D eigenvalue weighted by Gasteiger charge is 2.24. The molecule has 0 spiro atoms. The summed E-state index contributed by atoms with van der Waals surface area (Å²) in [5.41, 5.74) is 1.46. The fourth-order valence-electron chi connectivity index (χ4n) is 1.84. The highest BCUT2D eigenvalue weighted by atomic mass is 35.5. The zero-order valence-corrected chi connectivity index (χ0v) is 11.2. The zero-order chi connectivity index (χ0) is 13.1. The summed E-state index contributed by atoms with van der Waals surface area (Å²) in [4.78, 5) is 17.9. The van der Waals surface area contributed by atoms with Gasteiger partial charge in [-0.3, -0.25) is 4.98 Å². The molecule has 0 saturated carbocycles. The quantitative estimate of drug-likeness (QED) is 0.851. The first kappa shape index (κ1) is 13.1. The number of anilines is 1. The van der Waals surface area contributed by atoms with Gasteiger partial charge in [0, 0.05) is 12.7 Å². The molecule has 1 aliphatic heterocycles. The molecule has 2 rings (SSSR count). The van der Waals surface area contributed by atoms with Crippen molar-refractivity contribution in [3.63, 3.8) is 0 Å². The van der Waals surface area contributed by atoms with E-state index in [1.165, 1.54) is 0 Å². The summed E-state index contributed by atoms with van der Waals surface area (Å²) in [5.74, 6) is 0. The summed E-state index contributed by atoms with van der Waals surface area (Å²) in [5, 5.41) is 3.38. The third-order valence-corrected chi connectivity index (χ3v) is 3.40. The number of hydrogen-bond donors (Lipinski definition) is 1. The van der Waals surface area contributed by atoms with E-state index in [1.807, 2.05) is 13.8 Å². The molecule has 0 radical (unpaired) electrons. The molecule has 6 heteroatoms. The monoisotopic (exact) mass is 269 g/mol. The number of urea groups is 1. The predicted molar refractivity (Wildman–Crippen MR) is 70.0 cm³/mol. The summed E-state index contributed by atoms with van der Waals surface area (Å²) in [6.45, 7) is 5.55. The molecule has 0 unspecified atom stereocenters. The van der Waals surface area contributed by atoms with Crippen molar-refractivity contribution in [2.24, 2.45) is 0 Å². The van der Waals surface area contributed by atoms with Gasteiger partial charge < -0.3 is 15.0 Å². The average molecular weight is 270 g/mol. The zero-order valence-electron chi connectivity index (χ0n) is 10.4. The van der Waals surface area contributed by atoms with Crippen LogP contribution in [-0.2, 0) is 4.74 Å². The van der Waals surface area contributed by atoms with Crippen LogP contribution in [-0.4, -0.2) is 41.7 Å². The number of rotatable bonds is 1. The number of ether oxygens (including phenoxy) is 1. The molecule has 5 nitrogen and oxygen atoms in total. The lowest BCUT2D eigenvalue weighted by molar-refractivity contribution is 0.0221. The summed E-state index contributed by atoms with van der Waals surface area (Å²) < 4.78 is 5.30. The second-order valence-corrected chi connectivity index (χ2v) is 4.75. The Balaban J connectivity index is 2.09. The number of halogens is 1. The van der Waals surface area contributed by atoms with Gasteiger partial charge >= 0.3 is 6.03 Å². The van der Waals surface area contributed by atoms with Gasteiger partial charge in [-0.2, -0.15) is 0 Å². The molecule has 18 heavy (non-hydrogen) atoms. The van der Waals surface area contributed by atoms with Crippen molar-refractivity contribution < 1.29 is 9.53 Å². The van der Waals surface area contributed by atoms with Crippen LogP contribution in [0.15, 0.2) is 12.4 Å². The number of carbonyl (C=O) groups is 1. The summed E-state index contributed by atoms with van der Waals surface area (Å²) >= 11 is 5.96. The first-order chi connectivity index (χ1) is 8.59. The van der Waals surface area contributed by atoms with E-state index >= 15 is 0 Å². The molecule has 1 N–H and O–H groups in total. The largest absolute Gasteiger partial charge is 0.377 e. The predicted octanol–water partition coefficient (Wildman–Crippen LogP) is 2.30. The van der Waals surface area contributed by atoms with Gasteiger partial charge in [0.25, 0.3) is 0 Å². The third-order valence-electron chi connectivity index (χ3n) is 3.02. The van der Waals surface area contributed by atoms with E-state index in [1.54, 1.807) is 17.3 Å². The van der Waals surface area contributed by atoms with Crippen LogP contribution in [0.2, 0.25) is 5.02 Å². The van der Waals surface area contributed by atoms with E-state index in [-0.39, 0.29) is 12.1 Å². The maximum atomic E-state index is 12.1. The smallest absolute Gasteiger partial charge is 0.322 e. The lowest BCUT2D eigenvalue weighted by Gasteiger charge is -2.33. The molecule has 1 aromatic heterocycles. The van der Waals surface area contributed by atoms with Crippen LogP contribution in [0.3, 0.4) is 0 Å². The SMILES string of the molecule is Cc1c(Cl)cncc1NC(=O)N1CCOC[C@@H]1C. The van der Waals surface area contributed by atoms with E-state index in [4.69, 9.17) is 16.3 Å². The minimum absolute atomic E-state index is 0.0752. The van der Waals surface area contributed by atoms with Crippen LogP contribution in [0.4, 0.5) is 10.5 Å². The molecule has 2 heterocycles. The van der Waals surface area contributed by atoms with E-state index in [0.29, 0.717) is 30.5 Å². The van der Waals surface area contributed by atoms with Gasteiger partial charge in [-0.15, -0.1) is 0 Å². The van der Waals surface area contributed by atoms with E-state index in [9.17, 15) is 4.79 Å². The maximum Gasteiger partial charge on any atom is 0.322 e. The summed E-state index contributed by atoms with van der Waals surface area (Å²) in [6, 6.07) is -0.0656. The van der Waals surface area contributed by atoms with Gasteiger partial charge in [0.1, 0.15) is 0 Å². The molecule has 98 valence electrons. The fraction of sp³-hybridized carbons (Fsp3) is 0.500. The van der Waals surface area contributed by atoms with Crippen LogP contribution < -0.4 is 5.32 Å². The van der Waals surface area contributed by atoms with Crippen molar-refractivity contribution in [1.29, 1.82) is 0 Å². The molecular weight excluding hydrogens is 254 g/mol. The van der Waals surface area contributed by atoms with E-state index < -0.39 is 0 Å². The van der Waals surface area contributed by atoms with Crippen LogP contribution in [0.5, 0.6) is 0 Å². The van der Waals surface area contributed by atoms with Gasteiger partial charge in [-0.1, -0.05) is 11.6 Å². The highest BCUT2D eigenvalue weighted by molar-refractivity contribution is 6.31. The third kappa shape index (κ3) is 2.73. The first-order valence-electron chi connectivity index (χ1n) is 5.85. The number of pyridine rings is 1. The lowest BCUT2D eigenvalue weighted by Crippen LogP contribution is -2.48. The van der Waals surface area contributed by atoms with Crippen LogP contribution in [0.25, 0.3) is 0 Å². The molecule has 0 aromatic carbocycles. The topological polar surface area (TPSA) is 54.5 Å². The lowest BCUT2D eigenvalue weighted by atomic mass is 10.2. The van der Waals surface area contributed by atoms with Crippen LogP contribution in [0, 0.1) is 6.92 Å². The summed E-state index contributed by atoms with van der Waals surface area (Å²) in [6.07, 6.45) is 3.16. The van der Waals surface area contributed by atoms with Gasteiger partial charge in [0.2, 0.25) is 0 Å².